The molecule has 32 heavy (non-hydrogen) atoms. The minimum Gasteiger partial charge on any atom is -0.497 e. The topological polar surface area (TPSA) is 88.2 Å². The lowest BCUT2D eigenvalue weighted by Crippen LogP contribution is -2.50. The van der Waals surface area contributed by atoms with E-state index in [1.807, 2.05) is 24.3 Å². The molecular formula is C24H27N3O5. The molecule has 3 rings (SSSR count). The highest BCUT2D eigenvalue weighted by Crippen LogP contribution is 2.19. The summed E-state index contributed by atoms with van der Waals surface area (Å²) in [5.41, 5.74) is 1.70. The summed E-state index contributed by atoms with van der Waals surface area (Å²) in [5.74, 6) is 0.207. The highest BCUT2D eigenvalue weighted by molar-refractivity contribution is 6.07. The maximum atomic E-state index is 13.1. The van der Waals surface area contributed by atoms with Gasteiger partial charge in [0.1, 0.15) is 5.75 Å². The number of carbonyl (C=O) groups is 3. The molecule has 168 valence electrons. The fraction of sp³-hybridized carbons (Fsp3) is 0.292. The number of rotatable bonds is 6. The lowest BCUT2D eigenvalue weighted by molar-refractivity contribution is -0.111. The number of piperazine rings is 1. The van der Waals surface area contributed by atoms with E-state index in [4.69, 9.17) is 9.47 Å². The van der Waals surface area contributed by atoms with Crippen LogP contribution < -0.4 is 10.1 Å². The minimum atomic E-state index is -0.365. The molecule has 2 aromatic carbocycles. The molecule has 0 saturated carbocycles. The molecule has 0 bridgehead atoms. The van der Waals surface area contributed by atoms with Crippen molar-refractivity contribution in [3.8, 4) is 5.75 Å². The van der Waals surface area contributed by atoms with Crippen molar-refractivity contribution < 1.29 is 23.9 Å². The minimum absolute atomic E-state index is 0.191. The molecule has 0 aromatic heterocycles. The third-order valence-electron chi connectivity index (χ3n) is 5.05. The molecule has 1 aliphatic heterocycles. The first kappa shape index (κ1) is 22.9. The second kappa shape index (κ2) is 11.0. The standard InChI is InChI=1S/C24H27N3O5/c1-3-32-24(30)27-16-14-26(15-17-27)23(29)20-6-4-5-7-21(20)25-22(28)13-10-18-8-11-19(31-2)12-9-18/h4-13H,3,14-17H2,1-2H3,(H,25,28)/b13-10+. The molecule has 0 spiro atoms. The smallest absolute Gasteiger partial charge is 0.409 e. The van der Waals surface area contributed by atoms with Gasteiger partial charge in [-0.15, -0.1) is 0 Å². The zero-order valence-electron chi connectivity index (χ0n) is 18.2. The fourth-order valence-electron chi connectivity index (χ4n) is 3.32. The van der Waals surface area contributed by atoms with Gasteiger partial charge >= 0.3 is 6.09 Å². The van der Waals surface area contributed by atoms with Gasteiger partial charge < -0.3 is 24.6 Å². The van der Waals surface area contributed by atoms with Crippen molar-refractivity contribution in [1.29, 1.82) is 0 Å². The third kappa shape index (κ3) is 5.87. The number of benzene rings is 2. The molecule has 1 heterocycles. The lowest BCUT2D eigenvalue weighted by atomic mass is 10.1. The van der Waals surface area contributed by atoms with E-state index in [-0.39, 0.29) is 17.9 Å². The van der Waals surface area contributed by atoms with Crippen LogP contribution in [-0.4, -0.2) is 67.6 Å². The van der Waals surface area contributed by atoms with E-state index in [1.54, 1.807) is 54.2 Å². The maximum Gasteiger partial charge on any atom is 0.409 e. The number of methoxy groups -OCH3 is 1. The number of ether oxygens (including phenoxy) is 2. The van der Waals surface area contributed by atoms with Crippen molar-refractivity contribution in [3.63, 3.8) is 0 Å². The summed E-state index contributed by atoms with van der Waals surface area (Å²) in [5, 5.41) is 2.78. The lowest BCUT2D eigenvalue weighted by Gasteiger charge is -2.34. The number of para-hydroxylation sites is 1. The van der Waals surface area contributed by atoms with Gasteiger partial charge in [-0.3, -0.25) is 9.59 Å². The van der Waals surface area contributed by atoms with Gasteiger partial charge in [0.15, 0.2) is 0 Å². The summed E-state index contributed by atoms with van der Waals surface area (Å²) in [6.07, 6.45) is 2.74. The Kier molecular flexibility index (Phi) is 7.85. The Morgan fingerprint density at radius 3 is 2.28 bits per heavy atom. The van der Waals surface area contributed by atoms with Gasteiger partial charge in [-0.1, -0.05) is 24.3 Å². The quantitative estimate of drug-likeness (QED) is 0.701. The van der Waals surface area contributed by atoms with Crippen LogP contribution in [-0.2, 0) is 9.53 Å². The molecule has 0 radical (unpaired) electrons. The Balaban J connectivity index is 1.62. The summed E-state index contributed by atoms with van der Waals surface area (Å²) in [6, 6.07) is 14.2. The summed E-state index contributed by atoms with van der Waals surface area (Å²) in [4.78, 5) is 40.6. The molecule has 0 atom stereocenters. The first-order valence-electron chi connectivity index (χ1n) is 10.4. The van der Waals surface area contributed by atoms with Crippen LogP contribution in [0.4, 0.5) is 10.5 Å². The van der Waals surface area contributed by atoms with E-state index < -0.39 is 0 Å². The van der Waals surface area contributed by atoms with Gasteiger partial charge in [-0.25, -0.2) is 4.79 Å². The van der Waals surface area contributed by atoms with E-state index in [2.05, 4.69) is 5.32 Å². The number of nitrogens with zero attached hydrogens (tertiary/aromatic N) is 2. The Hall–Kier alpha value is -3.81. The molecule has 1 fully saturated rings. The highest BCUT2D eigenvalue weighted by atomic mass is 16.6. The van der Waals surface area contributed by atoms with Gasteiger partial charge in [-0.05, 0) is 42.8 Å². The SMILES string of the molecule is CCOC(=O)N1CCN(C(=O)c2ccccc2NC(=O)/C=C/c2ccc(OC)cc2)CC1. The van der Waals surface area contributed by atoms with Gasteiger partial charge in [0.25, 0.3) is 5.91 Å². The fourth-order valence-corrected chi connectivity index (χ4v) is 3.32. The Morgan fingerprint density at radius 1 is 0.969 bits per heavy atom. The number of hydrogen-bond donors (Lipinski definition) is 1. The van der Waals surface area contributed by atoms with Gasteiger partial charge in [0.05, 0.1) is 25.0 Å². The molecule has 3 amide bonds. The van der Waals surface area contributed by atoms with E-state index in [0.717, 1.165) is 11.3 Å². The van der Waals surface area contributed by atoms with Crippen molar-refractivity contribution in [2.45, 2.75) is 6.92 Å². The van der Waals surface area contributed by atoms with Crippen LogP contribution in [0.15, 0.2) is 54.6 Å². The Labute approximate surface area is 187 Å². The van der Waals surface area contributed by atoms with Crippen molar-refractivity contribution in [3.05, 3.63) is 65.7 Å². The van der Waals surface area contributed by atoms with Crippen LogP contribution in [0.2, 0.25) is 0 Å². The van der Waals surface area contributed by atoms with Gasteiger partial charge in [-0.2, -0.15) is 0 Å². The van der Waals surface area contributed by atoms with Crippen LogP contribution in [0.1, 0.15) is 22.8 Å². The van der Waals surface area contributed by atoms with Crippen LogP contribution in [0.3, 0.4) is 0 Å². The zero-order chi connectivity index (χ0) is 22.9. The van der Waals surface area contributed by atoms with Crippen molar-refractivity contribution in [2.24, 2.45) is 0 Å². The first-order chi connectivity index (χ1) is 15.5. The van der Waals surface area contributed by atoms with E-state index in [0.29, 0.717) is 44.0 Å². The summed E-state index contributed by atoms with van der Waals surface area (Å²) >= 11 is 0. The van der Waals surface area contributed by atoms with Crippen molar-refractivity contribution in [1.82, 2.24) is 9.80 Å². The van der Waals surface area contributed by atoms with E-state index in [1.165, 1.54) is 6.08 Å². The first-order valence-corrected chi connectivity index (χ1v) is 10.4. The summed E-state index contributed by atoms with van der Waals surface area (Å²) < 4.78 is 10.1. The van der Waals surface area contributed by atoms with Crippen molar-refractivity contribution in [2.75, 3.05) is 45.2 Å². The van der Waals surface area contributed by atoms with Crippen LogP contribution >= 0.6 is 0 Å². The predicted octanol–water partition coefficient (Wildman–Crippen LogP) is 3.26. The normalized spacial score (nSPS) is 13.7. The predicted molar refractivity (Wildman–Crippen MR) is 122 cm³/mol. The molecule has 1 saturated heterocycles. The van der Waals surface area contributed by atoms with E-state index in [9.17, 15) is 14.4 Å². The summed E-state index contributed by atoms with van der Waals surface area (Å²) in [7, 11) is 1.59. The largest absolute Gasteiger partial charge is 0.497 e. The third-order valence-corrected chi connectivity index (χ3v) is 5.05. The number of amides is 3. The van der Waals surface area contributed by atoms with E-state index >= 15 is 0 Å². The number of hydrogen-bond acceptors (Lipinski definition) is 5. The molecule has 8 heteroatoms. The van der Waals surface area contributed by atoms with Crippen LogP contribution in [0.25, 0.3) is 6.08 Å². The maximum absolute atomic E-state index is 13.1. The van der Waals surface area contributed by atoms with Crippen LogP contribution in [0.5, 0.6) is 5.75 Å². The van der Waals surface area contributed by atoms with Gasteiger partial charge in [0, 0.05) is 32.3 Å². The summed E-state index contributed by atoms with van der Waals surface area (Å²) in [6.45, 7) is 3.69. The molecule has 0 aliphatic carbocycles. The Morgan fingerprint density at radius 2 is 1.62 bits per heavy atom. The average Bonchev–Trinajstić information content (AvgIpc) is 2.83. The van der Waals surface area contributed by atoms with Gasteiger partial charge in [0.2, 0.25) is 5.91 Å². The monoisotopic (exact) mass is 437 g/mol. The molecule has 2 aromatic rings. The molecule has 1 aliphatic rings. The number of carbonyl (C=O) groups excluding carboxylic acids is 3. The number of anilines is 1. The van der Waals surface area contributed by atoms with Crippen molar-refractivity contribution >= 4 is 29.7 Å². The Bertz CT molecular complexity index is 979. The highest BCUT2D eigenvalue weighted by Gasteiger charge is 2.26. The number of nitrogens with one attached hydrogen (secondary N) is 1. The second-order valence-corrected chi connectivity index (χ2v) is 7.12. The second-order valence-electron chi connectivity index (χ2n) is 7.12. The average molecular weight is 437 g/mol. The zero-order valence-corrected chi connectivity index (χ0v) is 18.2. The van der Waals surface area contributed by atoms with Crippen LogP contribution in [0, 0.1) is 0 Å². The molecule has 0 unspecified atom stereocenters. The molecule has 8 nitrogen and oxygen atoms in total. The molecule has 1 N–H and O–H groups in total. The molecular weight excluding hydrogens is 410 g/mol.